The minimum absolute atomic E-state index is 0.205. The molecule has 2 heterocycles. The molecule has 1 atom stereocenters. The molecule has 0 radical (unpaired) electrons. The van der Waals surface area contributed by atoms with Crippen LogP contribution in [0.3, 0.4) is 0 Å². The third-order valence-corrected chi connectivity index (χ3v) is 3.18. The average molecular weight is 246 g/mol. The molecule has 1 unspecified atom stereocenters. The molecular weight excluding hydrogens is 232 g/mol. The summed E-state index contributed by atoms with van der Waals surface area (Å²) < 4.78 is 0. The number of hydrogen-bond acceptors (Lipinski definition) is 5. The number of nitrogen functional groups attached to an aromatic ring is 1. The van der Waals surface area contributed by atoms with Crippen molar-refractivity contribution >= 4 is 22.5 Å². The lowest BCUT2D eigenvalue weighted by Gasteiger charge is -2.16. The first-order chi connectivity index (χ1) is 8.63. The summed E-state index contributed by atoms with van der Waals surface area (Å²) in [5.74, 6) is 0.508. The van der Waals surface area contributed by atoms with E-state index in [0.717, 1.165) is 0 Å². The largest absolute Gasteiger partial charge is 0.399 e. The van der Waals surface area contributed by atoms with E-state index >= 15 is 0 Å². The lowest BCUT2D eigenvalue weighted by molar-refractivity contribution is 0.198. The molecule has 1 aromatic carbocycles. The normalized spacial score (nSPS) is 19.6. The second-order valence-corrected chi connectivity index (χ2v) is 4.55. The van der Waals surface area contributed by atoms with Crippen molar-refractivity contribution in [1.29, 1.82) is 0 Å². The van der Waals surface area contributed by atoms with Crippen molar-refractivity contribution < 1.29 is 5.11 Å². The van der Waals surface area contributed by atoms with E-state index in [4.69, 9.17) is 5.73 Å². The number of anilines is 2. The van der Waals surface area contributed by atoms with E-state index < -0.39 is 0 Å². The highest BCUT2D eigenvalue weighted by Gasteiger charge is 2.22. The molecule has 0 spiro atoms. The van der Waals surface area contributed by atoms with Gasteiger partial charge in [0.2, 0.25) is 5.95 Å². The van der Waals surface area contributed by atoms with E-state index in [1.165, 1.54) is 0 Å². The van der Waals surface area contributed by atoms with Crippen molar-refractivity contribution in [3.05, 3.63) is 28.6 Å². The monoisotopic (exact) mass is 246 g/mol. The molecule has 94 valence electrons. The minimum Gasteiger partial charge on any atom is -0.399 e. The maximum atomic E-state index is 11.9. The van der Waals surface area contributed by atoms with Gasteiger partial charge in [-0.1, -0.05) is 0 Å². The molecule has 3 rings (SSSR count). The van der Waals surface area contributed by atoms with E-state index in [1.54, 1.807) is 18.2 Å². The van der Waals surface area contributed by atoms with Crippen LogP contribution in [-0.4, -0.2) is 34.3 Å². The number of H-pyrrole nitrogens is 1. The van der Waals surface area contributed by atoms with Gasteiger partial charge >= 0.3 is 0 Å². The lowest BCUT2D eigenvalue weighted by Crippen LogP contribution is -2.26. The summed E-state index contributed by atoms with van der Waals surface area (Å²) in [6, 6.07) is 5.07. The molecule has 1 aromatic heterocycles. The Morgan fingerprint density at radius 1 is 1.50 bits per heavy atom. The molecular formula is C12H14N4O2. The Kier molecular flexibility index (Phi) is 2.45. The van der Waals surface area contributed by atoms with Gasteiger partial charge in [-0.3, -0.25) is 9.78 Å². The van der Waals surface area contributed by atoms with Crippen LogP contribution in [0.15, 0.2) is 23.0 Å². The fraction of sp³-hybridized carbons (Fsp3) is 0.333. The van der Waals surface area contributed by atoms with Crippen molar-refractivity contribution in [1.82, 2.24) is 9.97 Å². The Morgan fingerprint density at radius 3 is 3.06 bits per heavy atom. The number of benzene rings is 1. The number of fused-ring (bicyclic) bond motifs is 1. The number of nitrogens with zero attached hydrogens (tertiary/aromatic N) is 2. The van der Waals surface area contributed by atoms with Crippen LogP contribution in [0.5, 0.6) is 0 Å². The third-order valence-electron chi connectivity index (χ3n) is 3.18. The summed E-state index contributed by atoms with van der Waals surface area (Å²) >= 11 is 0. The zero-order valence-corrected chi connectivity index (χ0v) is 9.76. The van der Waals surface area contributed by atoms with E-state index in [9.17, 15) is 9.90 Å². The SMILES string of the molecule is Nc1ccc2nc(N3CCC(O)C3)[nH]c(=O)c2c1. The number of rotatable bonds is 1. The quantitative estimate of drug-likeness (QED) is 0.619. The summed E-state index contributed by atoms with van der Waals surface area (Å²) in [6.45, 7) is 1.20. The first-order valence-electron chi connectivity index (χ1n) is 5.86. The van der Waals surface area contributed by atoms with Crippen molar-refractivity contribution in [3.63, 3.8) is 0 Å². The standard InChI is InChI=1S/C12H14N4O2/c13-7-1-2-10-9(5-7)11(18)15-12(14-10)16-4-3-8(17)6-16/h1-2,5,8,17H,3-4,6,13H2,(H,14,15,18). The van der Waals surface area contributed by atoms with E-state index in [-0.39, 0.29) is 11.7 Å². The van der Waals surface area contributed by atoms with Gasteiger partial charge in [0.15, 0.2) is 0 Å². The number of hydrogen-bond donors (Lipinski definition) is 3. The summed E-state index contributed by atoms with van der Waals surface area (Å²) in [5, 5.41) is 9.99. The third kappa shape index (κ3) is 1.80. The van der Waals surface area contributed by atoms with Gasteiger partial charge in [0.25, 0.3) is 5.56 Å². The number of nitrogens with one attached hydrogen (secondary N) is 1. The van der Waals surface area contributed by atoms with Crippen molar-refractivity contribution in [2.75, 3.05) is 23.7 Å². The number of aliphatic hydroxyl groups excluding tert-OH is 1. The number of aromatic amines is 1. The van der Waals surface area contributed by atoms with E-state index in [2.05, 4.69) is 9.97 Å². The molecule has 4 N–H and O–H groups in total. The van der Waals surface area contributed by atoms with Crippen LogP contribution in [0.4, 0.5) is 11.6 Å². The van der Waals surface area contributed by atoms with Gasteiger partial charge in [0, 0.05) is 18.8 Å². The van der Waals surface area contributed by atoms with Gasteiger partial charge in [-0.05, 0) is 24.6 Å². The van der Waals surface area contributed by atoms with Gasteiger partial charge in [0.1, 0.15) is 0 Å². The molecule has 1 fully saturated rings. The number of nitrogens with two attached hydrogens (primary N) is 1. The highest BCUT2D eigenvalue weighted by molar-refractivity contribution is 5.81. The highest BCUT2D eigenvalue weighted by Crippen LogP contribution is 2.18. The Balaban J connectivity index is 2.10. The molecule has 0 bridgehead atoms. The molecule has 1 saturated heterocycles. The summed E-state index contributed by atoms with van der Waals surface area (Å²) in [6.07, 6.45) is 0.348. The van der Waals surface area contributed by atoms with Crippen molar-refractivity contribution in [2.45, 2.75) is 12.5 Å². The molecule has 6 nitrogen and oxygen atoms in total. The molecule has 0 amide bonds. The lowest BCUT2D eigenvalue weighted by atomic mass is 10.2. The average Bonchev–Trinajstić information content (AvgIpc) is 2.77. The fourth-order valence-corrected chi connectivity index (χ4v) is 2.23. The van der Waals surface area contributed by atoms with Crippen LogP contribution >= 0.6 is 0 Å². The maximum Gasteiger partial charge on any atom is 0.260 e. The topological polar surface area (TPSA) is 95.2 Å². The van der Waals surface area contributed by atoms with Crippen LogP contribution in [-0.2, 0) is 0 Å². The second kappa shape index (κ2) is 3.99. The van der Waals surface area contributed by atoms with Crippen LogP contribution in [0.2, 0.25) is 0 Å². The smallest absolute Gasteiger partial charge is 0.260 e. The molecule has 6 heteroatoms. The van der Waals surface area contributed by atoms with Crippen LogP contribution < -0.4 is 16.2 Å². The van der Waals surface area contributed by atoms with Gasteiger partial charge in [-0.25, -0.2) is 4.98 Å². The van der Waals surface area contributed by atoms with Crippen LogP contribution in [0.1, 0.15) is 6.42 Å². The Hall–Kier alpha value is -2.08. The van der Waals surface area contributed by atoms with Gasteiger partial charge in [-0.15, -0.1) is 0 Å². The molecule has 1 aliphatic heterocycles. The van der Waals surface area contributed by atoms with E-state index in [0.29, 0.717) is 42.0 Å². The fourth-order valence-electron chi connectivity index (χ4n) is 2.23. The number of β-amino-alcohol motifs (C(OH)–C–C–N with tert-alkyl or cyclic N) is 1. The predicted molar refractivity (Wildman–Crippen MR) is 69.6 cm³/mol. The molecule has 0 saturated carbocycles. The maximum absolute atomic E-state index is 11.9. The van der Waals surface area contributed by atoms with Crippen LogP contribution in [0, 0.1) is 0 Å². The second-order valence-electron chi connectivity index (χ2n) is 4.55. The molecule has 2 aromatic rings. The van der Waals surface area contributed by atoms with Gasteiger partial charge < -0.3 is 15.7 Å². The first kappa shape index (κ1) is 11.0. The zero-order chi connectivity index (χ0) is 12.7. The van der Waals surface area contributed by atoms with Gasteiger partial charge in [0.05, 0.1) is 17.0 Å². The predicted octanol–water partition coefficient (Wildman–Crippen LogP) is 0.0763. The highest BCUT2D eigenvalue weighted by atomic mass is 16.3. The minimum atomic E-state index is -0.350. The van der Waals surface area contributed by atoms with Gasteiger partial charge in [-0.2, -0.15) is 0 Å². The van der Waals surface area contributed by atoms with Crippen molar-refractivity contribution in [2.24, 2.45) is 0 Å². The molecule has 18 heavy (non-hydrogen) atoms. The Bertz CT molecular complexity index is 652. The molecule has 0 aliphatic carbocycles. The summed E-state index contributed by atoms with van der Waals surface area (Å²) in [7, 11) is 0. The molecule has 1 aliphatic rings. The summed E-state index contributed by atoms with van der Waals surface area (Å²) in [4.78, 5) is 21.0. The Morgan fingerprint density at radius 2 is 2.33 bits per heavy atom. The van der Waals surface area contributed by atoms with Crippen molar-refractivity contribution in [3.8, 4) is 0 Å². The van der Waals surface area contributed by atoms with E-state index in [1.807, 2.05) is 4.90 Å². The zero-order valence-electron chi connectivity index (χ0n) is 9.76. The number of aliphatic hydroxyl groups is 1. The summed E-state index contributed by atoms with van der Waals surface area (Å²) in [5.41, 5.74) is 6.60. The first-order valence-corrected chi connectivity index (χ1v) is 5.86. The number of aromatic nitrogens is 2. The van der Waals surface area contributed by atoms with Crippen LogP contribution in [0.25, 0.3) is 10.9 Å². The Labute approximate surface area is 103 Å².